The molecule has 1 aromatic heterocycles. The van der Waals surface area contributed by atoms with Gasteiger partial charge in [-0.2, -0.15) is 5.10 Å². The number of nitrogens with two attached hydrogens (primary N) is 1. The molecule has 1 aromatic carbocycles. The average Bonchev–Trinajstić information content (AvgIpc) is 2.77. The topological polar surface area (TPSA) is 111 Å². The van der Waals surface area contributed by atoms with Crippen molar-refractivity contribution in [3.63, 3.8) is 0 Å². The van der Waals surface area contributed by atoms with Crippen molar-refractivity contribution in [2.24, 2.45) is 5.73 Å². The molecule has 92 valence electrons. The second-order valence-electron chi connectivity index (χ2n) is 3.78. The Kier molecular flexibility index (Phi) is 2.80. The molecule has 1 heterocycles. The maximum absolute atomic E-state index is 10.6. The second-order valence-corrected chi connectivity index (χ2v) is 3.78. The molecule has 0 amide bonds. The van der Waals surface area contributed by atoms with Crippen LogP contribution in [0.2, 0.25) is 0 Å². The van der Waals surface area contributed by atoms with Crippen LogP contribution in [-0.4, -0.2) is 20.5 Å². The molecular weight excluding hydrogens is 234 g/mol. The minimum Gasteiger partial charge on any atom is -0.384 e. The van der Waals surface area contributed by atoms with Crippen LogP contribution in [0, 0.1) is 22.4 Å². The average molecular weight is 245 g/mol. The van der Waals surface area contributed by atoms with E-state index >= 15 is 0 Å². The van der Waals surface area contributed by atoms with Crippen molar-refractivity contribution in [1.82, 2.24) is 9.78 Å². The summed E-state index contributed by atoms with van der Waals surface area (Å²) >= 11 is 0. The molecule has 2 rings (SSSR count). The van der Waals surface area contributed by atoms with Crippen LogP contribution < -0.4 is 5.73 Å². The Bertz CT molecular complexity index is 632. The number of benzene rings is 1. The number of aromatic nitrogens is 2. The van der Waals surface area contributed by atoms with Crippen LogP contribution >= 0.6 is 0 Å². The predicted molar refractivity (Wildman–Crippen MR) is 66.0 cm³/mol. The summed E-state index contributed by atoms with van der Waals surface area (Å²) < 4.78 is 1.37. The van der Waals surface area contributed by atoms with Gasteiger partial charge in [0, 0.05) is 5.56 Å². The van der Waals surface area contributed by atoms with Crippen molar-refractivity contribution in [3.05, 3.63) is 51.8 Å². The minimum atomic E-state index is -0.519. The van der Waals surface area contributed by atoms with E-state index in [1.807, 2.05) is 13.0 Å². The van der Waals surface area contributed by atoms with Gasteiger partial charge < -0.3 is 5.73 Å². The van der Waals surface area contributed by atoms with E-state index in [9.17, 15) is 10.1 Å². The normalized spacial score (nSPS) is 10.3. The molecule has 7 heteroatoms. The van der Waals surface area contributed by atoms with Crippen molar-refractivity contribution in [2.75, 3.05) is 0 Å². The molecule has 0 saturated heterocycles. The second kappa shape index (κ2) is 4.28. The number of nitro groups is 1. The van der Waals surface area contributed by atoms with E-state index in [-0.39, 0.29) is 11.5 Å². The zero-order valence-corrected chi connectivity index (χ0v) is 9.62. The molecular formula is C11H11N5O2. The van der Waals surface area contributed by atoms with E-state index in [2.05, 4.69) is 5.10 Å². The monoisotopic (exact) mass is 245 g/mol. The molecule has 0 fully saturated rings. The molecule has 0 aliphatic heterocycles. The Labute approximate surface area is 103 Å². The highest BCUT2D eigenvalue weighted by molar-refractivity contribution is 5.98. The van der Waals surface area contributed by atoms with Gasteiger partial charge in [0.25, 0.3) is 0 Å². The quantitative estimate of drug-likeness (QED) is 0.368. The minimum absolute atomic E-state index is 0.104. The number of nitrogens with one attached hydrogen (secondary N) is 1. The predicted octanol–water partition coefficient (Wildman–Crippen LogP) is 1.37. The van der Waals surface area contributed by atoms with Crippen LogP contribution in [0.3, 0.4) is 0 Å². The molecule has 0 atom stereocenters. The first-order valence-electron chi connectivity index (χ1n) is 5.14. The van der Waals surface area contributed by atoms with Gasteiger partial charge >= 0.3 is 5.69 Å². The van der Waals surface area contributed by atoms with Gasteiger partial charge in [0.05, 0.1) is 10.6 Å². The van der Waals surface area contributed by atoms with Crippen LogP contribution in [0.15, 0.2) is 30.6 Å². The number of amidine groups is 1. The summed E-state index contributed by atoms with van der Waals surface area (Å²) in [4.78, 5) is 10.1. The summed E-state index contributed by atoms with van der Waals surface area (Å²) in [6.45, 7) is 1.83. The number of nitrogen functional groups attached to an aromatic ring is 1. The summed E-state index contributed by atoms with van der Waals surface area (Å²) in [6.07, 6.45) is 2.46. The molecule has 0 spiro atoms. The lowest BCUT2D eigenvalue weighted by Crippen LogP contribution is -2.15. The van der Waals surface area contributed by atoms with Crippen LogP contribution in [0.1, 0.15) is 11.1 Å². The van der Waals surface area contributed by atoms with E-state index in [1.165, 1.54) is 10.9 Å². The molecule has 18 heavy (non-hydrogen) atoms. The van der Waals surface area contributed by atoms with Gasteiger partial charge in [0.15, 0.2) is 0 Å². The maximum Gasteiger partial charge on any atom is 0.307 e. The third-order valence-corrected chi connectivity index (χ3v) is 2.54. The number of hydrogen-bond acceptors (Lipinski definition) is 4. The fourth-order valence-corrected chi connectivity index (χ4v) is 1.71. The van der Waals surface area contributed by atoms with E-state index in [4.69, 9.17) is 11.1 Å². The summed E-state index contributed by atoms with van der Waals surface area (Å²) in [5.74, 6) is -0.105. The highest BCUT2D eigenvalue weighted by Crippen LogP contribution is 2.20. The number of hydrogen-bond donors (Lipinski definition) is 2. The number of rotatable bonds is 3. The van der Waals surface area contributed by atoms with Crippen LogP contribution in [-0.2, 0) is 0 Å². The summed E-state index contributed by atoms with van der Waals surface area (Å²) in [6, 6.07) is 5.28. The van der Waals surface area contributed by atoms with Gasteiger partial charge in [-0.1, -0.05) is 12.1 Å². The first-order chi connectivity index (χ1) is 8.50. The Morgan fingerprint density at radius 2 is 2.28 bits per heavy atom. The molecule has 0 bridgehead atoms. The molecule has 0 saturated carbocycles. The van der Waals surface area contributed by atoms with Crippen molar-refractivity contribution < 1.29 is 4.92 Å². The molecule has 0 radical (unpaired) electrons. The van der Waals surface area contributed by atoms with Gasteiger partial charge in [-0.25, -0.2) is 4.68 Å². The molecule has 3 N–H and O–H groups in total. The van der Waals surface area contributed by atoms with Crippen molar-refractivity contribution in [2.45, 2.75) is 6.92 Å². The Balaban J connectivity index is 2.62. The lowest BCUT2D eigenvalue weighted by Gasteiger charge is -2.10. The van der Waals surface area contributed by atoms with E-state index < -0.39 is 4.92 Å². The molecule has 0 unspecified atom stereocenters. The summed E-state index contributed by atoms with van der Waals surface area (Å²) in [5.41, 5.74) is 7.30. The summed E-state index contributed by atoms with van der Waals surface area (Å²) in [7, 11) is 0. The van der Waals surface area contributed by atoms with Crippen LogP contribution in [0.25, 0.3) is 5.69 Å². The smallest absolute Gasteiger partial charge is 0.307 e. The van der Waals surface area contributed by atoms with E-state index in [0.29, 0.717) is 11.3 Å². The lowest BCUT2D eigenvalue weighted by atomic mass is 10.1. The summed E-state index contributed by atoms with van der Waals surface area (Å²) in [5, 5.41) is 22.1. The maximum atomic E-state index is 10.6. The molecule has 2 aromatic rings. The third kappa shape index (κ3) is 1.93. The van der Waals surface area contributed by atoms with E-state index in [0.717, 1.165) is 11.8 Å². The van der Waals surface area contributed by atoms with Gasteiger partial charge in [-0.3, -0.25) is 15.5 Å². The first-order valence-corrected chi connectivity index (χ1v) is 5.14. The Morgan fingerprint density at radius 3 is 2.83 bits per heavy atom. The largest absolute Gasteiger partial charge is 0.384 e. The SMILES string of the molecule is Cc1cccc(C(=N)N)c1-n1cc([N+](=O)[O-])cn1. The van der Waals surface area contributed by atoms with Crippen LogP contribution in [0.4, 0.5) is 5.69 Å². The standard InChI is InChI=1S/C11H11N5O2/c1-7-3-2-4-9(11(12)13)10(7)15-6-8(5-14-15)16(17)18/h2-6H,1H3,(H3,12,13). The third-order valence-electron chi connectivity index (χ3n) is 2.54. The van der Waals surface area contributed by atoms with E-state index in [1.54, 1.807) is 12.1 Å². The lowest BCUT2D eigenvalue weighted by molar-refractivity contribution is -0.384. The van der Waals surface area contributed by atoms with Crippen molar-refractivity contribution in [1.29, 1.82) is 5.41 Å². The number of para-hydroxylation sites is 1. The Morgan fingerprint density at radius 1 is 1.56 bits per heavy atom. The van der Waals surface area contributed by atoms with Gasteiger partial charge in [0.1, 0.15) is 18.2 Å². The molecule has 7 nitrogen and oxygen atoms in total. The van der Waals surface area contributed by atoms with Gasteiger partial charge in [0.2, 0.25) is 0 Å². The zero-order chi connectivity index (χ0) is 13.3. The number of nitrogens with zero attached hydrogens (tertiary/aromatic N) is 3. The molecule has 0 aliphatic carbocycles. The molecule has 0 aliphatic rings. The first kappa shape index (κ1) is 11.8. The Hall–Kier alpha value is -2.70. The zero-order valence-electron chi connectivity index (χ0n) is 9.62. The van der Waals surface area contributed by atoms with Crippen molar-refractivity contribution in [3.8, 4) is 5.69 Å². The van der Waals surface area contributed by atoms with Gasteiger partial charge in [-0.15, -0.1) is 0 Å². The highest BCUT2D eigenvalue weighted by atomic mass is 16.6. The van der Waals surface area contributed by atoms with Gasteiger partial charge in [-0.05, 0) is 18.6 Å². The highest BCUT2D eigenvalue weighted by Gasteiger charge is 2.15. The van der Waals surface area contributed by atoms with Crippen LogP contribution in [0.5, 0.6) is 0 Å². The fraction of sp³-hybridized carbons (Fsp3) is 0.0909. The van der Waals surface area contributed by atoms with Crippen molar-refractivity contribution >= 4 is 11.5 Å². The fourth-order valence-electron chi connectivity index (χ4n) is 1.71. The number of aryl methyl sites for hydroxylation is 1.